The largest absolute Gasteiger partial charge is 0.481 e. The molecule has 0 saturated heterocycles. The van der Waals surface area contributed by atoms with Crippen molar-refractivity contribution in [2.24, 2.45) is 5.92 Å². The van der Waals surface area contributed by atoms with E-state index in [-0.39, 0.29) is 16.7 Å². The van der Waals surface area contributed by atoms with E-state index in [4.69, 9.17) is 16.3 Å². The fourth-order valence-corrected chi connectivity index (χ4v) is 4.11. The second-order valence-electron chi connectivity index (χ2n) is 7.21. The van der Waals surface area contributed by atoms with Crippen molar-refractivity contribution in [3.05, 3.63) is 75.1 Å². The Kier molecular flexibility index (Phi) is 7.33. The van der Waals surface area contributed by atoms with E-state index in [2.05, 4.69) is 24.0 Å². The molecule has 2 aromatic carbocycles. The molecule has 1 heterocycles. The van der Waals surface area contributed by atoms with Gasteiger partial charge in [0.05, 0.1) is 9.95 Å². The first kappa shape index (κ1) is 22.1. The minimum atomic E-state index is -0.364. The molecule has 0 N–H and O–H groups in total. The lowest BCUT2D eigenvalue weighted by Crippen LogP contribution is -2.15. The van der Waals surface area contributed by atoms with E-state index in [9.17, 15) is 10.1 Å². The van der Waals surface area contributed by atoms with Crippen LogP contribution in [-0.4, -0.2) is 19.7 Å². The lowest BCUT2D eigenvalue weighted by atomic mass is 10.2. The van der Waals surface area contributed by atoms with E-state index < -0.39 is 0 Å². The number of hydrogen-bond donors (Lipinski definition) is 0. The molecule has 0 fully saturated rings. The van der Waals surface area contributed by atoms with Gasteiger partial charge in [0.2, 0.25) is 0 Å². The second-order valence-corrected chi connectivity index (χ2v) is 8.56. The summed E-state index contributed by atoms with van der Waals surface area (Å²) >= 11 is 7.64. The second kappa shape index (κ2) is 9.95. The molecule has 1 atom stereocenters. The van der Waals surface area contributed by atoms with Gasteiger partial charge in [0.1, 0.15) is 5.75 Å². The summed E-state index contributed by atoms with van der Waals surface area (Å²) in [4.78, 5) is 10.9. The van der Waals surface area contributed by atoms with Gasteiger partial charge in [0, 0.05) is 23.9 Å². The number of halogens is 1. The van der Waals surface area contributed by atoms with Gasteiger partial charge >= 0.3 is 0 Å². The molecule has 9 heteroatoms. The Morgan fingerprint density at radius 1 is 1.13 bits per heavy atom. The van der Waals surface area contributed by atoms with E-state index >= 15 is 0 Å². The minimum absolute atomic E-state index is 0.107. The third-order valence-corrected chi connectivity index (χ3v) is 5.67. The number of para-hydroxylation sites is 2. The predicted octanol–water partition coefficient (Wildman–Crippen LogP) is 5.93. The number of nitro benzene ring substituents is 1. The molecule has 0 aliphatic rings. The van der Waals surface area contributed by atoms with E-state index in [1.807, 2.05) is 29.7 Å². The van der Waals surface area contributed by atoms with Crippen LogP contribution in [0.2, 0.25) is 5.02 Å². The molecule has 7 nitrogen and oxygen atoms in total. The average Bonchev–Trinajstić information content (AvgIpc) is 3.10. The van der Waals surface area contributed by atoms with Crippen LogP contribution in [0.15, 0.2) is 53.7 Å². The molecule has 158 valence electrons. The summed E-state index contributed by atoms with van der Waals surface area (Å²) in [6, 6.07) is 14.0. The van der Waals surface area contributed by atoms with Gasteiger partial charge in [-0.3, -0.25) is 10.1 Å². The summed E-state index contributed by atoms with van der Waals surface area (Å²) in [6.45, 7) is 6.83. The van der Waals surface area contributed by atoms with Crippen LogP contribution in [-0.2, 0) is 12.3 Å². The van der Waals surface area contributed by atoms with E-state index in [1.165, 1.54) is 17.8 Å². The Bertz CT molecular complexity index is 1020. The highest BCUT2D eigenvalue weighted by Gasteiger charge is 2.22. The van der Waals surface area contributed by atoms with E-state index in [0.717, 1.165) is 0 Å². The number of aromatic nitrogens is 3. The zero-order valence-corrected chi connectivity index (χ0v) is 18.6. The molecule has 0 bridgehead atoms. The van der Waals surface area contributed by atoms with Gasteiger partial charge in [-0.15, -0.1) is 10.2 Å². The normalized spacial score (nSPS) is 12.2. The van der Waals surface area contributed by atoms with Crippen LogP contribution in [0.5, 0.6) is 5.75 Å². The SMILES string of the molecule is CC(C)Cn1c(SCc2ccccc2[N+](=O)[O-])nnc1C(C)Oc1ccccc1Cl. The molecule has 0 spiro atoms. The van der Waals surface area contributed by atoms with Crippen molar-refractivity contribution < 1.29 is 9.66 Å². The van der Waals surface area contributed by atoms with Crippen LogP contribution in [0.25, 0.3) is 0 Å². The molecule has 3 aromatic rings. The van der Waals surface area contributed by atoms with Crippen LogP contribution in [0.3, 0.4) is 0 Å². The molecule has 0 aliphatic carbocycles. The number of thioether (sulfide) groups is 1. The molecular formula is C21H23ClN4O3S. The first-order valence-corrected chi connectivity index (χ1v) is 10.9. The Balaban J connectivity index is 1.83. The fourth-order valence-electron chi connectivity index (χ4n) is 2.98. The Morgan fingerprint density at radius 3 is 2.53 bits per heavy atom. The Labute approximate surface area is 184 Å². The quantitative estimate of drug-likeness (QED) is 0.230. The third-order valence-electron chi connectivity index (χ3n) is 4.34. The highest BCUT2D eigenvalue weighted by Crippen LogP contribution is 2.31. The highest BCUT2D eigenvalue weighted by atomic mass is 35.5. The van der Waals surface area contributed by atoms with Crippen molar-refractivity contribution in [3.63, 3.8) is 0 Å². The summed E-state index contributed by atoms with van der Waals surface area (Å²) in [5, 5.41) is 21.2. The molecule has 1 aromatic heterocycles. The van der Waals surface area contributed by atoms with Crippen molar-refractivity contribution in [2.75, 3.05) is 0 Å². The summed E-state index contributed by atoms with van der Waals surface area (Å²) in [6.07, 6.45) is -0.364. The molecule has 0 amide bonds. The maximum Gasteiger partial charge on any atom is 0.273 e. The number of benzene rings is 2. The molecule has 1 unspecified atom stereocenters. The maximum atomic E-state index is 11.3. The summed E-state index contributed by atoms with van der Waals surface area (Å²) in [5.74, 6) is 2.05. The first-order valence-electron chi connectivity index (χ1n) is 9.56. The van der Waals surface area contributed by atoms with Crippen LogP contribution in [0.1, 0.15) is 38.3 Å². The molecule has 3 rings (SSSR count). The molecule has 0 radical (unpaired) electrons. The van der Waals surface area contributed by atoms with Gasteiger partial charge in [-0.1, -0.05) is 67.5 Å². The monoisotopic (exact) mass is 446 g/mol. The van der Waals surface area contributed by atoms with Crippen LogP contribution < -0.4 is 4.74 Å². The summed E-state index contributed by atoms with van der Waals surface area (Å²) in [5.41, 5.74) is 0.754. The molecule has 30 heavy (non-hydrogen) atoms. The number of ether oxygens (including phenoxy) is 1. The molecular weight excluding hydrogens is 424 g/mol. The number of hydrogen-bond acceptors (Lipinski definition) is 6. The highest BCUT2D eigenvalue weighted by molar-refractivity contribution is 7.98. The summed E-state index contributed by atoms with van der Waals surface area (Å²) in [7, 11) is 0. The van der Waals surface area contributed by atoms with Gasteiger partial charge in [0.15, 0.2) is 17.1 Å². The van der Waals surface area contributed by atoms with Gasteiger partial charge in [-0.2, -0.15) is 0 Å². The zero-order valence-electron chi connectivity index (χ0n) is 17.0. The molecule has 0 aliphatic heterocycles. The lowest BCUT2D eigenvalue weighted by molar-refractivity contribution is -0.385. The lowest BCUT2D eigenvalue weighted by Gasteiger charge is -2.18. The maximum absolute atomic E-state index is 11.3. The van der Waals surface area contributed by atoms with Gasteiger partial charge in [0.25, 0.3) is 5.69 Å². The van der Waals surface area contributed by atoms with Gasteiger partial charge < -0.3 is 9.30 Å². The summed E-state index contributed by atoms with van der Waals surface area (Å²) < 4.78 is 8.05. The Hall–Kier alpha value is -2.58. The topological polar surface area (TPSA) is 83.1 Å². The van der Waals surface area contributed by atoms with Crippen LogP contribution in [0.4, 0.5) is 5.69 Å². The fraction of sp³-hybridized carbons (Fsp3) is 0.333. The third kappa shape index (κ3) is 5.31. The van der Waals surface area contributed by atoms with Crippen molar-refractivity contribution in [1.29, 1.82) is 0 Å². The Morgan fingerprint density at radius 2 is 1.83 bits per heavy atom. The van der Waals surface area contributed by atoms with E-state index in [0.29, 0.717) is 45.5 Å². The van der Waals surface area contributed by atoms with Crippen molar-refractivity contribution >= 4 is 29.1 Å². The van der Waals surface area contributed by atoms with Crippen molar-refractivity contribution in [1.82, 2.24) is 14.8 Å². The number of nitro groups is 1. The average molecular weight is 447 g/mol. The van der Waals surface area contributed by atoms with Crippen LogP contribution in [0, 0.1) is 16.0 Å². The zero-order chi connectivity index (χ0) is 21.7. The number of rotatable bonds is 9. The first-order chi connectivity index (χ1) is 14.4. The van der Waals surface area contributed by atoms with Crippen molar-refractivity contribution in [3.8, 4) is 5.75 Å². The predicted molar refractivity (Wildman–Crippen MR) is 118 cm³/mol. The van der Waals surface area contributed by atoms with Gasteiger partial charge in [-0.05, 0) is 25.0 Å². The van der Waals surface area contributed by atoms with E-state index in [1.54, 1.807) is 24.3 Å². The molecule has 0 saturated carbocycles. The van der Waals surface area contributed by atoms with Crippen molar-refractivity contribution in [2.45, 2.75) is 44.3 Å². The minimum Gasteiger partial charge on any atom is -0.481 e. The number of nitrogens with zero attached hydrogens (tertiary/aromatic N) is 4. The van der Waals surface area contributed by atoms with Crippen LogP contribution >= 0.6 is 23.4 Å². The smallest absolute Gasteiger partial charge is 0.273 e. The standard InChI is InChI=1S/C21H23ClN4O3S/c1-14(2)12-25-20(15(3)29-19-11-7-5-9-17(19)22)23-24-21(25)30-13-16-8-4-6-10-18(16)26(27)28/h4-11,14-15H,12-13H2,1-3H3. The van der Waals surface area contributed by atoms with Gasteiger partial charge in [-0.25, -0.2) is 0 Å².